The molecule has 1 saturated heterocycles. The molecule has 1 rings (SSSR count). The molecule has 0 aromatic rings. The average molecular weight is 312 g/mol. The maximum Gasteiger partial charge on any atom is 0.407 e. The van der Waals surface area contributed by atoms with Gasteiger partial charge >= 0.3 is 6.09 Å². The van der Waals surface area contributed by atoms with Gasteiger partial charge in [-0.15, -0.1) is 0 Å². The van der Waals surface area contributed by atoms with Crippen molar-refractivity contribution in [1.82, 2.24) is 15.5 Å². The van der Waals surface area contributed by atoms with Gasteiger partial charge in [-0.3, -0.25) is 4.99 Å². The first kappa shape index (κ1) is 18.6. The van der Waals surface area contributed by atoms with Crippen LogP contribution >= 0.6 is 0 Å². The normalized spacial score (nSPS) is 18.3. The maximum atomic E-state index is 11.6. The Morgan fingerprint density at radius 2 is 2.00 bits per heavy atom. The predicted octanol–water partition coefficient (Wildman–Crippen LogP) is 2.21. The minimum absolute atomic E-state index is 0.338. The van der Waals surface area contributed by atoms with Crippen molar-refractivity contribution >= 4 is 12.1 Å². The van der Waals surface area contributed by atoms with Crippen molar-refractivity contribution < 1.29 is 9.53 Å². The van der Waals surface area contributed by atoms with E-state index in [-0.39, 0.29) is 0 Å². The molecule has 1 aliphatic rings. The van der Waals surface area contributed by atoms with Gasteiger partial charge in [-0.2, -0.15) is 0 Å². The van der Waals surface area contributed by atoms with E-state index >= 15 is 0 Å². The maximum absolute atomic E-state index is 11.6. The zero-order valence-electron chi connectivity index (χ0n) is 15.0. The standard InChI is InChI=1S/C16H32N4O2/c1-7-17-13(20-11-8-16(5,6)12-20)18-9-10-19-14(21)22-15(2,3)4/h7-12H2,1-6H3,(H,17,18)(H,19,21). The molecule has 0 bridgehead atoms. The number of hydrogen-bond donors (Lipinski definition) is 2. The lowest BCUT2D eigenvalue weighted by Crippen LogP contribution is -2.41. The number of rotatable bonds is 4. The van der Waals surface area contributed by atoms with Gasteiger partial charge < -0.3 is 20.3 Å². The summed E-state index contributed by atoms with van der Waals surface area (Å²) in [6.45, 7) is 16.1. The Hall–Kier alpha value is -1.46. The van der Waals surface area contributed by atoms with Crippen molar-refractivity contribution in [2.75, 3.05) is 32.7 Å². The van der Waals surface area contributed by atoms with Crippen LogP contribution < -0.4 is 10.6 Å². The first-order valence-electron chi connectivity index (χ1n) is 8.13. The summed E-state index contributed by atoms with van der Waals surface area (Å²) >= 11 is 0. The monoisotopic (exact) mass is 312 g/mol. The number of alkyl carbamates (subject to hydrolysis) is 1. The lowest BCUT2D eigenvalue weighted by atomic mass is 9.93. The highest BCUT2D eigenvalue weighted by molar-refractivity contribution is 5.80. The summed E-state index contributed by atoms with van der Waals surface area (Å²) in [6, 6.07) is 0. The Morgan fingerprint density at radius 1 is 1.32 bits per heavy atom. The van der Waals surface area contributed by atoms with E-state index in [4.69, 9.17) is 4.74 Å². The van der Waals surface area contributed by atoms with Gasteiger partial charge in [0.15, 0.2) is 5.96 Å². The molecule has 6 nitrogen and oxygen atoms in total. The van der Waals surface area contributed by atoms with Crippen LogP contribution in [0.2, 0.25) is 0 Å². The zero-order chi connectivity index (χ0) is 16.8. The van der Waals surface area contributed by atoms with Gasteiger partial charge in [0.2, 0.25) is 0 Å². The van der Waals surface area contributed by atoms with Crippen molar-refractivity contribution in [3.8, 4) is 0 Å². The Morgan fingerprint density at radius 3 is 2.50 bits per heavy atom. The number of nitrogens with one attached hydrogen (secondary N) is 2. The Balaban J connectivity index is 2.42. The van der Waals surface area contributed by atoms with Crippen LogP contribution in [0.15, 0.2) is 4.99 Å². The number of guanidine groups is 1. The summed E-state index contributed by atoms with van der Waals surface area (Å²) in [4.78, 5) is 18.4. The van der Waals surface area contributed by atoms with Gasteiger partial charge in [-0.25, -0.2) is 4.79 Å². The number of ether oxygens (including phenoxy) is 1. The van der Waals surface area contributed by atoms with E-state index in [1.165, 1.54) is 6.42 Å². The molecular weight excluding hydrogens is 280 g/mol. The van der Waals surface area contributed by atoms with Crippen LogP contribution in [0.25, 0.3) is 0 Å². The molecule has 0 saturated carbocycles. The highest BCUT2D eigenvalue weighted by Gasteiger charge is 2.30. The second-order valence-electron chi connectivity index (χ2n) is 7.50. The highest BCUT2D eigenvalue weighted by Crippen LogP contribution is 2.28. The fourth-order valence-corrected chi connectivity index (χ4v) is 2.35. The largest absolute Gasteiger partial charge is 0.444 e. The number of amides is 1. The number of carbonyl (C=O) groups is 1. The molecule has 0 spiro atoms. The van der Waals surface area contributed by atoms with Crippen LogP contribution in [0.1, 0.15) is 48.0 Å². The van der Waals surface area contributed by atoms with E-state index in [0.29, 0.717) is 18.5 Å². The van der Waals surface area contributed by atoms with E-state index < -0.39 is 11.7 Å². The third kappa shape index (κ3) is 7.00. The van der Waals surface area contributed by atoms with Gasteiger partial charge in [0.1, 0.15) is 5.60 Å². The minimum Gasteiger partial charge on any atom is -0.444 e. The number of aliphatic imine (C=N–C) groups is 1. The molecule has 0 atom stereocenters. The van der Waals surface area contributed by atoms with Gasteiger partial charge in [0.25, 0.3) is 0 Å². The molecule has 0 aliphatic carbocycles. The fraction of sp³-hybridized carbons (Fsp3) is 0.875. The van der Waals surface area contributed by atoms with E-state index in [1.807, 2.05) is 20.8 Å². The molecule has 22 heavy (non-hydrogen) atoms. The SMILES string of the molecule is CCNC(=NCCNC(=O)OC(C)(C)C)N1CCC(C)(C)C1. The molecule has 0 aromatic carbocycles. The van der Waals surface area contributed by atoms with Crippen molar-refractivity contribution in [2.24, 2.45) is 10.4 Å². The summed E-state index contributed by atoms with van der Waals surface area (Å²) < 4.78 is 5.19. The Bertz CT molecular complexity index is 399. The van der Waals surface area contributed by atoms with E-state index in [0.717, 1.165) is 25.6 Å². The number of hydrogen-bond acceptors (Lipinski definition) is 3. The zero-order valence-corrected chi connectivity index (χ0v) is 15.0. The molecule has 1 amide bonds. The molecule has 2 N–H and O–H groups in total. The van der Waals surface area contributed by atoms with Gasteiger partial charge in [-0.1, -0.05) is 13.8 Å². The lowest BCUT2D eigenvalue weighted by Gasteiger charge is -2.23. The Kier molecular flexibility index (Phi) is 6.50. The predicted molar refractivity (Wildman–Crippen MR) is 90.2 cm³/mol. The van der Waals surface area contributed by atoms with Gasteiger partial charge in [0, 0.05) is 26.2 Å². The summed E-state index contributed by atoms with van der Waals surface area (Å²) in [7, 11) is 0. The van der Waals surface area contributed by atoms with E-state index in [1.54, 1.807) is 0 Å². The summed E-state index contributed by atoms with van der Waals surface area (Å²) in [5.41, 5.74) is -0.131. The highest BCUT2D eigenvalue weighted by atomic mass is 16.6. The molecular formula is C16H32N4O2. The number of likely N-dealkylation sites (tertiary alicyclic amines) is 1. The van der Waals surface area contributed by atoms with Crippen molar-refractivity contribution in [3.63, 3.8) is 0 Å². The third-order valence-corrected chi connectivity index (χ3v) is 3.35. The summed E-state index contributed by atoms with van der Waals surface area (Å²) in [5, 5.41) is 6.05. The van der Waals surface area contributed by atoms with E-state index in [2.05, 4.69) is 41.3 Å². The van der Waals surface area contributed by atoms with Crippen LogP contribution in [0.3, 0.4) is 0 Å². The van der Waals surface area contributed by atoms with Crippen molar-refractivity contribution in [3.05, 3.63) is 0 Å². The molecule has 6 heteroatoms. The quantitative estimate of drug-likeness (QED) is 0.474. The molecule has 1 fully saturated rings. The number of carbonyl (C=O) groups excluding carboxylic acids is 1. The second-order valence-corrected chi connectivity index (χ2v) is 7.50. The van der Waals surface area contributed by atoms with Crippen molar-refractivity contribution in [2.45, 2.75) is 53.6 Å². The van der Waals surface area contributed by atoms with Crippen LogP contribution in [0.4, 0.5) is 4.79 Å². The average Bonchev–Trinajstić information content (AvgIpc) is 2.71. The molecule has 1 heterocycles. The number of nitrogens with zero attached hydrogens (tertiary/aromatic N) is 2. The van der Waals surface area contributed by atoms with Crippen LogP contribution in [-0.2, 0) is 4.74 Å². The molecule has 0 aromatic heterocycles. The van der Waals surface area contributed by atoms with Crippen LogP contribution in [0, 0.1) is 5.41 Å². The first-order valence-corrected chi connectivity index (χ1v) is 8.13. The second kappa shape index (κ2) is 7.70. The smallest absolute Gasteiger partial charge is 0.407 e. The van der Waals surface area contributed by atoms with Crippen molar-refractivity contribution in [1.29, 1.82) is 0 Å². The molecule has 1 aliphatic heterocycles. The summed E-state index contributed by atoms with van der Waals surface area (Å²) in [5.74, 6) is 0.930. The summed E-state index contributed by atoms with van der Waals surface area (Å²) in [6.07, 6.45) is 0.781. The topological polar surface area (TPSA) is 66.0 Å². The third-order valence-electron chi connectivity index (χ3n) is 3.35. The minimum atomic E-state index is -0.469. The van der Waals surface area contributed by atoms with E-state index in [9.17, 15) is 4.79 Å². The Labute approximate surface area is 134 Å². The fourth-order valence-electron chi connectivity index (χ4n) is 2.35. The lowest BCUT2D eigenvalue weighted by molar-refractivity contribution is 0.0529. The first-order chi connectivity index (χ1) is 10.1. The van der Waals surface area contributed by atoms with Gasteiger partial charge in [-0.05, 0) is 39.5 Å². The van der Waals surface area contributed by atoms with Crippen LogP contribution in [-0.4, -0.2) is 55.3 Å². The van der Waals surface area contributed by atoms with Gasteiger partial charge in [0.05, 0.1) is 6.54 Å². The molecule has 128 valence electrons. The van der Waals surface area contributed by atoms with Crippen LogP contribution in [0.5, 0.6) is 0 Å². The molecule has 0 radical (unpaired) electrons. The molecule has 0 unspecified atom stereocenters.